The third kappa shape index (κ3) is 5.10. The fourth-order valence-corrected chi connectivity index (χ4v) is 2.93. The number of nitrogens with zero attached hydrogens (tertiary/aromatic N) is 1. The maximum absolute atomic E-state index is 12.4. The average molecular weight is 404 g/mol. The Morgan fingerprint density at radius 1 is 1.00 bits per heavy atom. The summed E-state index contributed by atoms with van der Waals surface area (Å²) < 4.78 is 5.53. The van der Waals surface area contributed by atoms with E-state index in [4.69, 9.17) is 15.6 Å². The van der Waals surface area contributed by atoms with Gasteiger partial charge in [0.15, 0.2) is 11.4 Å². The molecule has 2 aromatic carbocycles. The zero-order valence-electron chi connectivity index (χ0n) is 16.9. The van der Waals surface area contributed by atoms with E-state index in [9.17, 15) is 9.59 Å². The molecule has 0 aliphatic heterocycles. The Balaban J connectivity index is 1.65. The number of aromatic nitrogens is 1. The molecule has 6 nitrogen and oxygen atoms in total. The lowest BCUT2D eigenvalue weighted by Gasteiger charge is -2.21. The highest BCUT2D eigenvalue weighted by Gasteiger charge is 2.29. The van der Waals surface area contributed by atoms with Crippen LogP contribution in [-0.2, 0) is 11.2 Å². The Bertz CT molecular complexity index is 1010. The number of carbonyl (C=O) groups excluding carboxylic acids is 1. The normalized spacial score (nSPS) is 12.2. The number of hydrogen-bond acceptors (Lipinski definition) is 5. The SMILES string of the molecule is CC(C)(Oc1ccc(-c2ccc(CC(N)C(=O)c3ccccn3)cc2)cc1)C(=O)O. The number of ether oxygens (including phenoxy) is 1. The highest BCUT2D eigenvalue weighted by atomic mass is 16.5. The Hall–Kier alpha value is -3.51. The van der Waals surface area contributed by atoms with Crippen LogP contribution in [0.1, 0.15) is 29.9 Å². The summed E-state index contributed by atoms with van der Waals surface area (Å²) in [6.45, 7) is 3.01. The Labute approximate surface area is 175 Å². The first-order chi connectivity index (χ1) is 14.3. The minimum Gasteiger partial charge on any atom is -0.478 e. The minimum atomic E-state index is -1.30. The number of pyridine rings is 1. The van der Waals surface area contributed by atoms with Crippen LogP contribution in [0.15, 0.2) is 72.9 Å². The lowest BCUT2D eigenvalue weighted by Crippen LogP contribution is -2.37. The van der Waals surface area contributed by atoms with E-state index in [1.807, 2.05) is 36.4 Å². The number of carboxylic acid groups (broad SMARTS) is 1. The molecule has 0 bridgehead atoms. The number of rotatable bonds is 8. The molecule has 3 N–H and O–H groups in total. The lowest BCUT2D eigenvalue weighted by molar-refractivity contribution is -0.152. The molecule has 1 unspecified atom stereocenters. The molecule has 0 saturated heterocycles. The van der Waals surface area contributed by atoms with Crippen molar-refractivity contribution < 1.29 is 19.4 Å². The van der Waals surface area contributed by atoms with Gasteiger partial charge in [-0.1, -0.05) is 42.5 Å². The van der Waals surface area contributed by atoms with Gasteiger partial charge < -0.3 is 15.6 Å². The third-order valence-corrected chi connectivity index (χ3v) is 4.74. The highest BCUT2D eigenvalue weighted by Crippen LogP contribution is 2.25. The van der Waals surface area contributed by atoms with Crippen LogP contribution in [0.4, 0.5) is 0 Å². The number of ketones is 1. The van der Waals surface area contributed by atoms with Crippen LogP contribution in [0.5, 0.6) is 5.75 Å². The third-order valence-electron chi connectivity index (χ3n) is 4.74. The Kier molecular flexibility index (Phi) is 6.28. The second-order valence-electron chi connectivity index (χ2n) is 7.53. The largest absolute Gasteiger partial charge is 0.478 e. The van der Waals surface area contributed by atoms with Crippen molar-refractivity contribution >= 4 is 11.8 Å². The molecule has 3 rings (SSSR count). The van der Waals surface area contributed by atoms with Gasteiger partial charge in [0, 0.05) is 6.20 Å². The lowest BCUT2D eigenvalue weighted by atomic mass is 9.98. The van der Waals surface area contributed by atoms with Gasteiger partial charge in [-0.15, -0.1) is 0 Å². The molecule has 0 fully saturated rings. The number of Topliss-reactive ketones (excluding diaryl/α,β-unsaturated/α-hetero) is 1. The van der Waals surface area contributed by atoms with Crippen molar-refractivity contribution in [2.24, 2.45) is 5.73 Å². The summed E-state index contributed by atoms with van der Waals surface area (Å²) >= 11 is 0. The van der Waals surface area contributed by atoms with Crippen molar-refractivity contribution in [1.82, 2.24) is 4.98 Å². The van der Waals surface area contributed by atoms with Gasteiger partial charge in [-0.3, -0.25) is 9.78 Å². The van der Waals surface area contributed by atoms with Crippen molar-refractivity contribution in [2.75, 3.05) is 0 Å². The van der Waals surface area contributed by atoms with Gasteiger partial charge in [0.1, 0.15) is 11.4 Å². The van der Waals surface area contributed by atoms with Crippen molar-refractivity contribution in [2.45, 2.75) is 31.9 Å². The maximum Gasteiger partial charge on any atom is 0.347 e. The molecule has 0 aliphatic rings. The molecule has 0 aliphatic carbocycles. The average Bonchev–Trinajstić information content (AvgIpc) is 2.74. The molecular formula is C24H24N2O4. The molecular weight excluding hydrogens is 380 g/mol. The summed E-state index contributed by atoms with van der Waals surface area (Å²) in [5, 5.41) is 9.16. The van der Waals surface area contributed by atoms with Gasteiger partial charge in [-0.2, -0.15) is 0 Å². The molecule has 6 heteroatoms. The van der Waals surface area contributed by atoms with Crippen LogP contribution in [0.3, 0.4) is 0 Å². The van der Waals surface area contributed by atoms with E-state index in [0.29, 0.717) is 17.9 Å². The van der Waals surface area contributed by atoms with E-state index in [0.717, 1.165) is 16.7 Å². The Morgan fingerprint density at radius 2 is 1.60 bits per heavy atom. The van der Waals surface area contributed by atoms with Crippen molar-refractivity contribution in [1.29, 1.82) is 0 Å². The molecule has 1 aromatic heterocycles. The molecule has 0 spiro atoms. The van der Waals surface area contributed by atoms with Gasteiger partial charge in [-0.25, -0.2) is 4.79 Å². The number of carboxylic acids is 1. The summed E-state index contributed by atoms with van der Waals surface area (Å²) in [4.78, 5) is 27.6. The predicted molar refractivity (Wildman–Crippen MR) is 114 cm³/mol. The second kappa shape index (κ2) is 8.88. The summed E-state index contributed by atoms with van der Waals surface area (Å²) in [6, 6.07) is 19.6. The fraction of sp³-hybridized carbons (Fsp3) is 0.208. The van der Waals surface area contributed by atoms with Crippen LogP contribution in [0.25, 0.3) is 11.1 Å². The van der Waals surface area contributed by atoms with Gasteiger partial charge in [0.25, 0.3) is 0 Å². The zero-order chi connectivity index (χ0) is 21.7. The first kappa shape index (κ1) is 21.2. The molecule has 3 aromatic rings. The fourth-order valence-electron chi connectivity index (χ4n) is 2.93. The topological polar surface area (TPSA) is 103 Å². The van der Waals surface area contributed by atoms with Crippen LogP contribution in [0.2, 0.25) is 0 Å². The molecule has 0 radical (unpaired) electrons. The summed E-state index contributed by atoms with van der Waals surface area (Å²) in [6.07, 6.45) is 2.00. The minimum absolute atomic E-state index is 0.181. The predicted octanol–water partition coefficient (Wildman–Crippen LogP) is 3.74. The summed E-state index contributed by atoms with van der Waals surface area (Å²) in [5.41, 5.74) is 8.07. The molecule has 1 atom stereocenters. The molecule has 0 saturated carbocycles. The zero-order valence-corrected chi connectivity index (χ0v) is 16.9. The quantitative estimate of drug-likeness (QED) is 0.555. The highest BCUT2D eigenvalue weighted by molar-refractivity contribution is 5.98. The first-order valence-electron chi connectivity index (χ1n) is 9.59. The summed E-state index contributed by atoms with van der Waals surface area (Å²) in [7, 11) is 0. The van der Waals surface area contributed by atoms with Gasteiger partial charge in [0.2, 0.25) is 0 Å². The van der Waals surface area contributed by atoms with Gasteiger partial charge in [0.05, 0.1) is 6.04 Å². The van der Waals surface area contributed by atoms with E-state index >= 15 is 0 Å². The van der Waals surface area contributed by atoms with Crippen LogP contribution >= 0.6 is 0 Å². The number of carbonyl (C=O) groups is 2. The van der Waals surface area contributed by atoms with E-state index in [1.54, 1.807) is 36.5 Å². The van der Waals surface area contributed by atoms with Crippen LogP contribution in [-0.4, -0.2) is 33.5 Å². The van der Waals surface area contributed by atoms with Gasteiger partial charge in [-0.05, 0) is 61.2 Å². The maximum atomic E-state index is 12.4. The molecule has 30 heavy (non-hydrogen) atoms. The van der Waals surface area contributed by atoms with E-state index in [1.165, 1.54) is 13.8 Å². The summed E-state index contributed by atoms with van der Waals surface area (Å²) in [5.74, 6) is -0.719. The Morgan fingerprint density at radius 3 is 2.13 bits per heavy atom. The van der Waals surface area contributed by atoms with E-state index in [2.05, 4.69) is 4.98 Å². The number of aliphatic carboxylic acids is 1. The molecule has 1 heterocycles. The first-order valence-corrected chi connectivity index (χ1v) is 9.59. The van der Waals surface area contributed by atoms with Crippen molar-refractivity contribution in [3.8, 4) is 16.9 Å². The standard InChI is InChI=1S/C24H24N2O4/c1-24(2,23(28)29)30-19-12-10-18(11-13-19)17-8-6-16(7-9-17)15-20(25)22(27)21-5-3-4-14-26-21/h3-14,20H,15,25H2,1-2H3,(H,28,29). The van der Waals surface area contributed by atoms with E-state index < -0.39 is 17.6 Å². The smallest absolute Gasteiger partial charge is 0.347 e. The van der Waals surface area contributed by atoms with Crippen molar-refractivity contribution in [3.05, 3.63) is 84.2 Å². The second-order valence-corrected chi connectivity index (χ2v) is 7.53. The number of hydrogen-bond donors (Lipinski definition) is 2. The number of nitrogens with two attached hydrogens (primary N) is 1. The van der Waals surface area contributed by atoms with Crippen LogP contribution < -0.4 is 10.5 Å². The van der Waals surface area contributed by atoms with Gasteiger partial charge >= 0.3 is 5.97 Å². The number of benzene rings is 2. The van der Waals surface area contributed by atoms with E-state index in [-0.39, 0.29) is 5.78 Å². The molecule has 154 valence electrons. The monoisotopic (exact) mass is 404 g/mol. The molecule has 0 amide bonds. The van der Waals surface area contributed by atoms with Crippen LogP contribution in [0, 0.1) is 0 Å². The van der Waals surface area contributed by atoms with Crippen molar-refractivity contribution in [3.63, 3.8) is 0 Å².